The van der Waals surface area contributed by atoms with Crippen molar-refractivity contribution >= 4 is 22.9 Å². The first-order valence-corrected chi connectivity index (χ1v) is 8.64. The van der Waals surface area contributed by atoms with Crippen LogP contribution in [0.5, 0.6) is 0 Å². The van der Waals surface area contributed by atoms with E-state index >= 15 is 0 Å². The fourth-order valence-corrected chi connectivity index (χ4v) is 5.02. The lowest BCUT2D eigenvalue weighted by Gasteiger charge is -2.49. The molecule has 0 unspecified atom stereocenters. The lowest BCUT2D eigenvalue weighted by atomic mass is 9.78. The van der Waals surface area contributed by atoms with Crippen LogP contribution in [0.15, 0.2) is 6.07 Å². The number of thiophene rings is 1. The van der Waals surface area contributed by atoms with Gasteiger partial charge in [-0.05, 0) is 25.8 Å². The molecule has 1 aromatic heterocycles. The Labute approximate surface area is 143 Å². The molecule has 1 fully saturated rings. The number of hydrogen-bond donors (Lipinski definition) is 1. The van der Waals surface area contributed by atoms with Gasteiger partial charge in [0.15, 0.2) is 5.60 Å². The lowest BCUT2D eigenvalue weighted by Crippen LogP contribution is -2.55. The van der Waals surface area contributed by atoms with E-state index in [0.717, 1.165) is 0 Å². The molecule has 23 heavy (non-hydrogen) atoms. The predicted molar refractivity (Wildman–Crippen MR) is 86.0 cm³/mol. The molecular weight excluding hydrogens is 344 g/mol. The summed E-state index contributed by atoms with van der Waals surface area (Å²) >= 11 is 7.29. The number of piperidine rings is 1. The van der Waals surface area contributed by atoms with Crippen LogP contribution in [0, 0.1) is 12.3 Å². The number of rotatable bonds is 2. The van der Waals surface area contributed by atoms with Crippen molar-refractivity contribution in [2.24, 2.45) is 0 Å². The smallest absolute Gasteiger partial charge is 0.273 e. The van der Waals surface area contributed by atoms with Gasteiger partial charge in [-0.25, -0.2) is 8.78 Å². The highest BCUT2D eigenvalue weighted by molar-refractivity contribution is 7.16. The van der Waals surface area contributed by atoms with Crippen molar-refractivity contribution < 1.29 is 18.6 Å². The SMILES string of the molecule is C#CCN1CC[C@]2(C[C@@H]1C)OC[C@](O)(C(F)F)c1cc(Cl)sc12. The first-order chi connectivity index (χ1) is 10.8. The van der Waals surface area contributed by atoms with Crippen LogP contribution < -0.4 is 0 Å². The fraction of sp³-hybridized carbons (Fsp3) is 0.625. The summed E-state index contributed by atoms with van der Waals surface area (Å²) in [4.78, 5) is 2.79. The quantitative estimate of drug-likeness (QED) is 0.821. The first kappa shape index (κ1) is 17.1. The molecule has 3 atom stereocenters. The Morgan fingerprint density at radius 3 is 3.00 bits per heavy atom. The van der Waals surface area contributed by atoms with Crippen LogP contribution in [0.1, 0.15) is 30.2 Å². The highest BCUT2D eigenvalue weighted by Gasteiger charge is 2.54. The molecule has 3 nitrogen and oxygen atoms in total. The number of nitrogens with zero attached hydrogens (tertiary/aromatic N) is 1. The van der Waals surface area contributed by atoms with E-state index in [4.69, 9.17) is 22.8 Å². The third-order valence-electron chi connectivity index (χ3n) is 4.86. The van der Waals surface area contributed by atoms with Gasteiger partial charge in [0.1, 0.15) is 5.60 Å². The number of halogens is 3. The Morgan fingerprint density at radius 1 is 1.65 bits per heavy atom. The summed E-state index contributed by atoms with van der Waals surface area (Å²) in [5.41, 5.74) is -2.74. The van der Waals surface area contributed by atoms with Crippen molar-refractivity contribution in [2.45, 2.75) is 43.4 Å². The van der Waals surface area contributed by atoms with E-state index in [-0.39, 0.29) is 11.6 Å². The lowest BCUT2D eigenvalue weighted by molar-refractivity contribution is -0.209. The van der Waals surface area contributed by atoms with Crippen molar-refractivity contribution in [1.29, 1.82) is 0 Å². The molecule has 1 aromatic rings. The molecule has 0 radical (unpaired) electrons. The third-order valence-corrected chi connectivity index (χ3v) is 6.31. The van der Waals surface area contributed by atoms with E-state index in [0.29, 0.717) is 35.1 Å². The molecule has 0 aliphatic carbocycles. The van der Waals surface area contributed by atoms with E-state index in [2.05, 4.69) is 10.8 Å². The minimum absolute atomic E-state index is 0.159. The molecule has 2 aliphatic rings. The average Bonchev–Trinajstić information content (AvgIpc) is 2.90. The number of terminal acetylenes is 1. The number of ether oxygens (including phenoxy) is 1. The average molecular weight is 362 g/mol. The topological polar surface area (TPSA) is 32.7 Å². The van der Waals surface area contributed by atoms with Crippen molar-refractivity contribution in [3.05, 3.63) is 20.8 Å². The first-order valence-electron chi connectivity index (χ1n) is 7.45. The van der Waals surface area contributed by atoms with Gasteiger partial charge in [0, 0.05) is 23.0 Å². The molecule has 3 rings (SSSR count). The number of alkyl halides is 2. The molecule has 0 saturated carbocycles. The zero-order valence-electron chi connectivity index (χ0n) is 12.7. The molecule has 126 valence electrons. The molecule has 0 amide bonds. The standard InChI is InChI=1S/C16H18ClF2NO2S/c1-3-5-20-6-4-15(8-10(20)2)13-11(7-12(17)23-13)16(21,9-22-15)14(18)19/h1,7,10,14,21H,4-6,8-9H2,2H3/t10-,15+,16+/m0/s1. The highest BCUT2D eigenvalue weighted by Crippen LogP contribution is 2.52. The van der Waals surface area contributed by atoms with Gasteiger partial charge in [0.05, 0.1) is 17.5 Å². The van der Waals surface area contributed by atoms with Crippen LogP contribution in [-0.4, -0.2) is 42.2 Å². The molecule has 3 heterocycles. The maximum absolute atomic E-state index is 13.4. The Kier molecular flexibility index (Phi) is 4.45. The van der Waals surface area contributed by atoms with Gasteiger partial charge < -0.3 is 9.84 Å². The van der Waals surface area contributed by atoms with E-state index in [9.17, 15) is 13.9 Å². The van der Waals surface area contributed by atoms with Crippen molar-refractivity contribution in [3.8, 4) is 12.3 Å². The van der Waals surface area contributed by atoms with Gasteiger partial charge in [-0.2, -0.15) is 0 Å². The van der Waals surface area contributed by atoms with Gasteiger partial charge in [0.25, 0.3) is 6.43 Å². The third kappa shape index (κ3) is 2.69. The molecular formula is C16H18ClF2NO2S. The minimum Gasteiger partial charge on any atom is -0.377 e. The Morgan fingerprint density at radius 2 is 2.39 bits per heavy atom. The van der Waals surface area contributed by atoms with E-state index in [1.807, 2.05) is 6.92 Å². The minimum atomic E-state index is -2.93. The van der Waals surface area contributed by atoms with Crippen LogP contribution in [0.2, 0.25) is 4.34 Å². The second kappa shape index (κ2) is 5.98. The predicted octanol–water partition coefficient (Wildman–Crippen LogP) is 3.20. The summed E-state index contributed by atoms with van der Waals surface area (Å²) in [6.45, 7) is 2.89. The van der Waals surface area contributed by atoms with E-state index < -0.39 is 24.2 Å². The molecule has 1 spiro atoms. The number of likely N-dealkylation sites (tertiary alicyclic amines) is 1. The van der Waals surface area contributed by atoms with Crippen LogP contribution in [0.3, 0.4) is 0 Å². The van der Waals surface area contributed by atoms with Crippen molar-refractivity contribution in [3.63, 3.8) is 0 Å². The van der Waals surface area contributed by atoms with Crippen LogP contribution in [0.25, 0.3) is 0 Å². The monoisotopic (exact) mass is 361 g/mol. The second-order valence-corrected chi connectivity index (χ2v) is 7.96. The van der Waals surface area contributed by atoms with Gasteiger partial charge in [0.2, 0.25) is 0 Å². The molecule has 1 saturated heterocycles. The van der Waals surface area contributed by atoms with Gasteiger partial charge in [-0.1, -0.05) is 17.5 Å². The highest BCUT2D eigenvalue weighted by atomic mass is 35.5. The van der Waals surface area contributed by atoms with Gasteiger partial charge in [-0.3, -0.25) is 4.90 Å². The van der Waals surface area contributed by atoms with Crippen LogP contribution in [-0.2, 0) is 15.9 Å². The summed E-state index contributed by atoms with van der Waals surface area (Å²) in [6.07, 6.45) is 3.74. The number of fused-ring (bicyclic) bond motifs is 2. The van der Waals surface area contributed by atoms with E-state index in [1.165, 1.54) is 17.4 Å². The summed E-state index contributed by atoms with van der Waals surface area (Å²) in [5.74, 6) is 2.64. The summed E-state index contributed by atoms with van der Waals surface area (Å²) in [7, 11) is 0. The molecule has 7 heteroatoms. The van der Waals surface area contributed by atoms with Crippen LogP contribution in [0.4, 0.5) is 8.78 Å². The zero-order chi connectivity index (χ0) is 16.8. The Hall–Kier alpha value is -0.710. The summed E-state index contributed by atoms with van der Waals surface area (Å²) in [5, 5.41) is 10.4. The summed E-state index contributed by atoms with van der Waals surface area (Å²) < 4.78 is 33.0. The molecule has 0 bridgehead atoms. The van der Waals surface area contributed by atoms with Gasteiger partial charge >= 0.3 is 0 Å². The largest absolute Gasteiger partial charge is 0.377 e. The second-order valence-electron chi connectivity index (χ2n) is 6.28. The Balaban J connectivity index is 1.98. The van der Waals surface area contributed by atoms with Crippen molar-refractivity contribution in [1.82, 2.24) is 4.90 Å². The fourth-order valence-electron chi connectivity index (χ4n) is 3.54. The van der Waals surface area contributed by atoms with E-state index in [1.54, 1.807) is 0 Å². The number of hydrogen-bond acceptors (Lipinski definition) is 4. The molecule has 2 aliphatic heterocycles. The number of aliphatic hydroxyl groups is 1. The summed E-state index contributed by atoms with van der Waals surface area (Å²) in [6, 6.07) is 1.61. The maximum atomic E-state index is 13.4. The maximum Gasteiger partial charge on any atom is 0.273 e. The zero-order valence-corrected chi connectivity index (χ0v) is 14.3. The van der Waals surface area contributed by atoms with Gasteiger partial charge in [-0.15, -0.1) is 17.8 Å². The normalized spacial score (nSPS) is 34.6. The molecule has 1 N–H and O–H groups in total. The van der Waals surface area contributed by atoms with Crippen LogP contribution >= 0.6 is 22.9 Å². The van der Waals surface area contributed by atoms with Crippen molar-refractivity contribution in [2.75, 3.05) is 19.7 Å². The Bertz CT molecular complexity index is 647. The molecule has 0 aromatic carbocycles.